The first-order chi connectivity index (χ1) is 13.7. The second-order valence-electron chi connectivity index (χ2n) is 9.29. The largest absolute Gasteiger partial charge is 0.377 e. The zero-order chi connectivity index (χ0) is 19.1. The zero-order valence-corrected chi connectivity index (χ0v) is 17.3. The number of anilines is 1. The highest BCUT2D eigenvalue weighted by Crippen LogP contribution is 2.60. The zero-order valence-electron chi connectivity index (χ0n) is 17.3. The molecule has 4 aliphatic rings. The van der Waals surface area contributed by atoms with E-state index in [4.69, 9.17) is 4.74 Å². The molecule has 0 amide bonds. The molecule has 4 atom stereocenters. The van der Waals surface area contributed by atoms with Gasteiger partial charge in [-0.3, -0.25) is 4.99 Å². The Morgan fingerprint density at radius 2 is 1.93 bits per heavy atom. The Bertz CT molecular complexity index is 725. The summed E-state index contributed by atoms with van der Waals surface area (Å²) in [6.07, 6.45) is 8.18. The number of benzene rings is 1. The lowest BCUT2D eigenvalue weighted by molar-refractivity contribution is -0.125. The molecule has 5 nitrogen and oxygen atoms in total. The van der Waals surface area contributed by atoms with Gasteiger partial charge >= 0.3 is 0 Å². The number of aryl methyl sites for hydroxylation is 1. The van der Waals surface area contributed by atoms with Gasteiger partial charge in [0.25, 0.3) is 0 Å². The van der Waals surface area contributed by atoms with Crippen molar-refractivity contribution in [3.63, 3.8) is 0 Å². The van der Waals surface area contributed by atoms with Crippen LogP contribution in [0, 0.1) is 18.3 Å². The van der Waals surface area contributed by atoms with E-state index in [2.05, 4.69) is 51.7 Å². The summed E-state index contributed by atoms with van der Waals surface area (Å²) < 4.78 is 6.13. The summed E-state index contributed by atoms with van der Waals surface area (Å²) in [6, 6.07) is 9.86. The van der Waals surface area contributed by atoms with Gasteiger partial charge in [0.2, 0.25) is 0 Å². The first-order valence-corrected chi connectivity index (χ1v) is 11.1. The molecule has 2 aliphatic carbocycles. The Morgan fingerprint density at radius 3 is 2.68 bits per heavy atom. The molecule has 5 heteroatoms. The van der Waals surface area contributed by atoms with Crippen molar-refractivity contribution in [2.75, 3.05) is 31.6 Å². The third kappa shape index (κ3) is 2.99. The standard InChI is InChI=1S/C23H34N4O/c1-16-5-7-18(8-6-16)27-13-9-17(15-27)25-22(24-2)26-20-19-10-14-28-21(19)23(20)11-3-4-12-23/h5-8,17,19-21H,3-4,9-15H2,1-2H3,(H2,24,25,26). The molecule has 1 spiro atoms. The average Bonchev–Trinajstić information content (AvgIpc) is 3.45. The van der Waals surface area contributed by atoms with Crippen LogP contribution in [0.1, 0.15) is 44.1 Å². The van der Waals surface area contributed by atoms with Gasteiger partial charge in [-0.15, -0.1) is 0 Å². The fourth-order valence-corrected chi connectivity index (χ4v) is 6.28. The van der Waals surface area contributed by atoms with Crippen LogP contribution in [0.15, 0.2) is 29.3 Å². The Morgan fingerprint density at radius 1 is 1.14 bits per heavy atom. The molecule has 4 unspecified atom stereocenters. The lowest BCUT2D eigenvalue weighted by Gasteiger charge is -2.57. The molecule has 2 aliphatic heterocycles. The number of nitrogens with one attached hydrogen (secondary N) is 2. The summed E-state index contributed by atoms with van der Waals surface area (Å²) in [5.74, 6) is 1.65. The molecule has 2 heterocycles. The summed E-state index contributed by atoms with van der Waals surface area (Å²) in [4.78, 5) is 7.07. The van der Waals surface area contributed by atoms with E-state index in [-0.39, 0.29) is 0 Å². The third-order valence-electron chi connectivity index (χ3n) is 7.73. The summed E-state index contributed by atoms with van der Waals surface area (Å²) in [5.41, 5.74) is 3.01. The van der Waals surface area contributed by atoms with E-state index in [9.17, 15) is 0 Å². The quantitative estimate of drug-likeness (QED) is 0.623. The van der Waals surface area contributed by atoms with E-state index in [1.807, 2.05) is 7.05 Å². The van der Waals surface area contributed by atoms with Crippen molar-refractivity contribution in [1.29, 1.82) is 0 Å². The van der Waals surface area contributed by atoms with Crippen molar-refractivity contribution in [1.82, 2.24) is 10.6 Å². The van der Waals surface area contributed by atoms with Crippen LogP contribution in [0.5, 0.6) is 0 Å². The van der Waals surface area contributed by atoms with Crippen molar-refractivity contribution in [3.8, 4) is 0 Å². The molecule has 5 rings (SSSR count). The van der Waals surface area contributed by atoms with E-state index in [0.717, 1.165) is 32.1 Å². The van der Waals surface area contributed by atoms with Crippen molar-refractivity contribution in [2.24, 2.45) is 16.3 Å². The Hall–Kier alpha value is -1.75. The summed E-state index contributed by atoms with van der Waals surface area (Å²) in [6.45, 7) is 5.22. The van der Waals surface area contributed by atoms with Crippen LogP contribution in [0.4, 0.5) is 5.69 Å². The van der Waals surface area contributed by atoms with Crippen molar-refractivity contribution >= 4 is 11.6 Å². The van der Waals surface area contributed by atoms with Crippen molar-refractivity contribution in [3.05, 3.63) is 29.8 Å². The van der Waals surface area contributed by atoms with E-state index >= 15 is 0 Å². The van der Waals surface area contributed by atoms with E-state index in [1.54, 1.807) is 0 Å². The lowest BCUT2D eigenvalue weighted by Crippen LogP contribution is -2.69. The number of hydrogen-bond donors (Lipinski definition) is 2. The number of ether oxygens (including phenoxy) is 1. The first-order valence-electron chi connectivity index (χ1n) is 11.1. The number of fused-ring (bicyclic) bond motifs is 2. The van der Waals surface area contributed by atoms with Gasteiger partial charge in [0, 0.05) is 55.8 Å². The second-order valence-corrected chi connectivity index (χ2v) is 9.29. The first kappa shape index (κ1) is 18.3. The lowest BCUT2D eigenvalue weighted by atomic mass is 9.54. The van der Waals surface area contributed by atoms with Crippen molar-refractivity contribution in [2.45, 2.75) is 63.6 Å². The smallest absolute Gasteiger partial charge is 0.191 e. The Balaban J connectivity index is 1.21. The third-order valence-corrected chi connectivity index (χ3v) is 7.73. The average molecular weight is 383 g/mol. The van der Waals surface area contributed by atoms with Crippen LogP contribution in [0.2, 0.25) is 0 Å². The summed E-state index contributed by atoms with van der Waals surface area (Å²) >= 11 is 0. The molecule has 2 saturated heterocycles. The molecule has 0 radical (unpaired) electrons. The van der Waals surface area contributed by atoms with E-state index in [0.29, 0.717) is 29.5 Å². The molecule has 0 bridgehead atoms. The molecule has 28 heavy (non-hydrogen) atoms. The molecular weight excluding hydrogens is 348 g/mol. The maximum atomic E-state index is 6.13. The van der Waals surface area contributed by atoms with Crippen LogP contribution < -0.4 is 15.5 Å². The van der Waals surface area contributed by atoms with Crippen LogP contribution in [0.25, 0.3) is 0 Å². The molecule has 1 aromatic rings. The van der Waals surface area contributed by atoms with Crippen molar-refractivity contribution < 1.29 is 4.74 Å². The monoisotopic (exact) mass is 382 g/mol. The molecule has 2 N–H and O–H groups in total. The number of aliphatic imine (C=N–C) groups is 1. The normalized spacial score (nSPS) is 33.8. The Kier molecular flexibility index (Phi) is 4.74. The number of guanidine groups is 1. The topological polar surface area (TPSA) is 48.9 Å². The van der Waals surface area contributed by atoms with Crippen LogP contribution in [-0.4, -0.2) is 50.9 Å². The van der Waals surface area contributed by atoms with Gasteiger partial charge in [-0.25, -0.2) is 0 Å². The number of nitrogens with zero attached hydrogens (tertiary/aromatic N) is 2. The van der Waals surface area contributed by atoms with Gasteiger partial charge in [-0.2, -0.15) is 0 Å². The van der Waals surface area contributed by atoms with Gasteiger partial charge in [-0.05, 0) is 44.7 Å². The fraction of sp³-hybridized carbons (Fsp3) is 0.696. The minimum Gasteiger partial charge on any atom is -0.377 e. The molecule has 2 saturated carbocycles. The fourth-order valence-electron chi connectivity index (χ4n) is 6.28. The minimum absolute atomic E-state index is 0.363. The van der Waals surface area contributed by atoms with Gasteiger partial charge in [0.1, 0.15) is 0 Å². The highest BCUT2D eigenvalue weighted by atomic mass is 16.5. The molecular formula is C23H34N4O. The second kappa shape index (κ2) is 7.25. The summed E-state index contributed by atoms with van der Waals surface area (Å²) in [7, 11) is 1.91. The number of hydrogen-bond acceptors (Lipinski definition) is 3. The molecule has 0 aromatic heterocycles. The minimum atomic E-state index is 0.363. The highest BCUT2D eigenvalue weighted by Gasteiger charge is 2.65. The van der Waals surface area contributed by atoms with Crippen LogP contribution >= 0.6 is 0 Å². The van der Waals surface area contributed by atoms with Crippen LogP contribution in [0.3, 0.4) is 0 Å². The van der Waals surface area contributed by atoms with Gasteiger partial charge in [-0.1, -0.05) is 30.5 Å². The van der Waals surface area contributed by atoms with E-state index < -0.39 is 0 Å². The predicted molar refractivity (Wildman–Crippen MR) is 114 cm³/mol. The van der Waals surface area contributed by atoms with E-state index in [1.165, 1.54) is 43.4 Å². The molecule has 152 valence electrons. The predicted octanol–water partition coefficient (Wildman–Crippen LogP) is 3.09. The number of rotatable bonds is 3. The SMILES string of the molecule is CN=C(NC1CCN(c2ccc(C)cc2)C1)NC1C2CCOC2C12CCCC2. The van der Waals surface area contributed by atoms with Gasteiger partial charge < -0.3 is 20.3 Å². The highest BCUT2D eigenvalue weighted by molar-refractivity contribution is 5.81. The maximum Gasteiger partial charge on any atom is 0.191 e. The maximum absolute atomic E-state index is 6.13. The van der Waals surface area contributed by atoms with Gasteiger partial charge in [0.15, 0.2) is 5.96 Å². The van der Waals surface area contributed by atoms with Crippen LogP contribution in [-0.2, 0) is 4.74 Å². The molecule has 4 fully saturated rings. The molecule has 1 aromatic carbocycles. The summed E-state index contributed by atoms with van der Waals surface area (Å²) in [5, 5.41) is 7.56. The van der Waals surface area contributed by atoms with Gasteiger partial charge in [0.05, 0.1) is 6.10 Å². The Labute approximate surface area is 168 Å².